The van der Waals surface area contributed by atoms with Crippen LogP contribution in [0.3, 0.4) is 0 Å². The van der Waals surface area contributed by atoms with Crippen LogP contribution in [0.5, 0.6) is 5.75 Å². The van der Waals surface area contributed by atoms with E-state index in [0.717, 1.165) is 16.5 Å². The minimum atomic E-state index is -1.32. The topological polar surface area (TPSA) is 95.0 Å². The highest BCUT2D eigenvalue weighted by Gasteiger charge is 2.67. The van der Waals surface area contributed by atoms with Crippen molar-refractivity contribution in [3.8, 4) is 5.75 Å². The van der Waals surface area contributed by atoms with Crippen LogP contribution in [0.25, 0.3) is 0 Å². The average Bonchev–Trinajstić information content (AvgIpc) is 3.27. The molecule has 10 heteroatoms. The summed E-state index contributed by atoms with van der Waals surface area (Å²) in [6.45, 7) is 3.96. The predicted molar refractivity (Wildman–Crippen MR) is 149 cm³/mol. The number of amides is 4. The first-order chi connectivity index (χ1) is 19.0. The second-order valence-corrected chi connectivity index (χ2v) is 12.6. The molecule has 2 saturated heterocycles. The minimum absolute atomic E-state index is 0.0400. The van der Waals surface area contributed by atoms with E-state index in [9.17, 15) is 28.7 Å². The molecule has 0 aromatic heterocycles. The monoisotopic (exact) mass is 628 g/mol. The van der Waals surface area contributed by atoms with Crippen molar-refractivity contribution in [2.45, 2.75) is 39.0 Å². The Bertz CT molecular complexity index is 1530. The van der Waals surface area contributed by atoms with Crippen molar-refractivity contribution in [1.82, 2.24) is 4.90 Å². The third kappa shape index (κ3) is 3.66. The van der Waals surface area contributed by atoms with Gasteiger partial charge < -0.3 is 5.11 Å². The van der Waals surface area contributed by atoms with Crippen LogP contribution in [0, 0.1) is 34.9 Å². The Morgan fingerprint density at radius 3 is 2.52 bits per heavy atom. The van der Waals surface area contributed by atoms with Gasteiger partial charge in [0.05, 0.1) is 33.9 Å². The first-order valence-corrected chi connectivity index (χ1v) is 14.5. The van der Waals surface area contributed by atoms with Crippen LogP contribution in [0.1, 0.15) is 44.6 Å². The van der Waals surface area contributed by atoms with Crippen LogP contribution in [0.4, 0.5) is 10.1 Å². The molecule has 2 heterocycles. The van der Waals surface area contributed by atoms with Crippen molar-refractivity contribution in [3.05, 3.63) is 68.9 Å². The number of carbonyl (C=O) groups excluding carboxylic acids is 4. The lowest BCUT2D eigenvalue weighted by atomic mass is 9.51. The summed E-state index contributed by atoms with van der Waals surface area (Å²) in [5.41, 5.74) is 0.0807. The molecule has 7 nitrogen and oxygen atoms in total. The number of hydrogen-bond donors (Lipinski definition) is 1. The Balaban J connectivity index is 1.53. The normalized spacial score (nSPS) is 31.3. The van der Waals surface area contributed by atoms with Gasteiger partial charge in [-0.2, -0.15) is 0 Å². The van der Waals surface area contributed by atoms with Crippen molar-refractivity contribution in [2.24, 2.45) is 29.1 Å². The lowest BCUT2D eigenvalue weighted by Gasteiger charge is -2.49. The maximum atomic E-state index is 14.3. The van der Waals surface area contributed by atoms with E-state index in [2.05, 4.69) is 15.9 Å². The van der Waals surface area contributed by atoms with Gasteiger partial charge in [-0.1, -0.05) is 46.1 Å². The number of fused-ring (bicyclic) bond motifs is 4. The number of phenolic OH excluding ortho intramolecular Hbond substituents is 1. The summed E-state index contributed by atoms with van der Waals surface area (Å²) in [5, 5.41) is 10.8. The fraction of sp³-hybridized carbons (Fsp3) is 0.400. The molecule has 2 aromatic rings. The summed E-state index contributed by atoms with van der Waals surface area (Å²) in [6, 6.07) is 8.65. The van der Waals surface area contributed by atoms with Gasteiger partial charge in [0.1, 0.15) is 11.6 Å². The van der Waals surface area contributed by atoms with Crippen molar-refractivity contribution >= 4 is 56.8 Å². The van der Waals surface area contributed by atoms with Crippen molar-refractivity contribution in [2.75, 3.05) is 11.4 Å². The highest BCUT2D eigenvalue weighted by atomic mass is 79.9. The molecule has 6 unspecified atom stereocenters. The number of likely N-dealkylation sites (tertiary alicyclic amines) is 1. The number of halogens is 3. The van der Waals surface area contributed by atoms with E-state index in [-0.39, 0.29) is 34.7 Å². The summed E-state index contributed by atoms with van der Waals surface area (Å²) < 4.78 is 14.7. The predicted octanol–water partition coefficient (Wildman–Crippen LogP) is 5.59. The zero-order chi connectivity index (χ0) is 28.7. The van der Waals surface area contributed by atoms with E-state index in [4.69, 9.17) is 11.6 Å². The number of carbonyl (C=O) groups is 4. The number of nitrogens with zero attached hydrogens (tertiary/aromatic N) is 2. The summed E-state index contributed by atoms with van der Waals surface area (Å²) in [7, 11) is 0. The molecule has 0 spiro atoms. The molecule has 2 aliphatic carbocycles. The number of hydrogen-bond acceptors (Lipinski definition) is 5. The lowest BCUT2D eigenvalue weighted by molar-refractivity contribution is -0.140. The second-order valence-electron chi connectivity index (χ2n) is 11.3. The number of phenols is 1. The van der Waals surface area contributed by atoms with Crippen LogP contribution in [-0.2, 0) is 19.2 Å². The second kappa shape index (κ2) is 9.52. The Kier molecular flexibility index (Phi) is 6.46. The van der Waals surface area contributed by atoms with Gasteiger partial charge in [0, 0.05) is 22.5 Å². The molecule has 2 aromatic carbocycles. The SMILES string of the molecule is CCCN1C(=O)C2CC=C3C(CC4C(=O)N(c5ccc(F)c(Cl)c5)C(=O)C4(C)C3c3cc(Br)ccc3O)C2C1=O. The van der Waals surface area contributed by atoms with Crippen molar-refractivity contribution < 1.29 is 28.7 Å². The van der Waals surface area contributed by atoms with E-state index in [1.807, 2.05) is 13.0 Å². The first-order valence-electron chi connectivity index (χ1n) is 13.4. The van der Waals surface area contributed by atoms with Crippen LogP contribution in [0.15, 0.2) is 52.5 Å². The van der Waals surface area contributed by atoms with Crippen LogP contribution >= 0.6 is 27.5 Å². The van der Waals surface area contributed by atoms with Gasteiger partial charge >= 0.3 is 0 Å². The number of aromatic hydroxyl groups is 1. The highest BCUT2D eigenvalue weighted by Crippen LogP contribution is 2.64. The highest BCUT2D eigenvalue weighted by molar-refractivity contribution is 9.10. The van der Waals surface area contributed by atoms with Crippen molar-refractivity contribution in [1.29, 1.82) is 0 Å². The van der Waals surface area contributed by atoms with E-state index in [1.54, 1.807) is 19.1 Å². The van der Waals surface area contributed by atoms with Gasteiger partial charge in [-0.3, -0.25) is 24.1 Å². The van der Waals surface area contributed by atoms with Gasteiger partial charge in [0.2, 0.25) is 23.6 Å². The summed E-state index contributed by atoms with van der Waals surface area (Å²) >= 11 is 9.49. The number of anilines is 1. The van der Waals surface area contributed by atoms with Gasteiger partial charge in [-0.15, -0.1) is 0 Å². The van der Waals surface area contributed by atoms with E-state index in [1.165, 1.54) is 23.1 Å². The number of rotatable bonds is 4. The van der Waals surface area contributed by atoms with Crippen molar-refractivity contribution in [3.63, 3.8) is 0 Å². The van der Waals surface area contributed by atoms with Crippen LogP contribution in [0.2, 0.25) is 5.02 Å². The lowest BCUT2D eigenvalue weighted by Crippen LogP contribution is -2.48. The quantitative estimate of drug-likeness (QED) is 0.352. The molecule has 0 radical (unpaired) electrons. The largest absolute Gasteiger partial charge is 0.508 e. The Morgan fingerprint density at radius 1 is 1.07 bits per heavy atom. The average molecular weight is 630 g/mol. The van der Waals surface area contributed by atoms with Gasteiger partial charge in [-0.05, 0) is 68.5 Å². The molecule has 1 saturated carbocycles. The molecule has 208 valence electrons. The maximum Gasteiger partial charge on any atom is 0.241 e. The van der Waals surface area contributed by atoms with Gasteiger partial charge in [0.25, 0.3) is 0 Å². The summed E-state index contributed by atoms with van der Waals surface area (Å²) in [5.74, 6) is -5.33. The fourth-order valence-corrected chi connectivity index (χ4v) is 8.05. The Labute approximate surface area is 244 Å². The summed E-state index contributed by atoms with van der Waals surface area (Å²) in [4.78, 5) is 57.7. The van der Waals surface area contributed by atoms with Gasteiger partial charge in [0.15, 0.2) is 0 Å². The van der Waals surface area contributed by atoms with Crippen LogP contribution < -0.4 is 4.90 Å². The third-order valence-corrected chi connectivity index (χ3v) is 10.1. The summed E-state index contributed by atoms with van der Waals surface area (Å²) in [6.07, 6.45) is 3.11. The zero-order valence-electron chi connectivity index (χ0n) is 21.9. The standard InChI is InChI=1S/C30H27BrClFN2O5/c1-3-10-34-26(37)17-7-6-16-18(24(17)28(34)39)13-20-27(38)35(15-5-8-22(33)21(32)12-15)29(40)30(20,2)25(16)19-11-14(31)4-9-23(19)36/h4-6,8-9,11-12,17-18,20,24-25,36H,3,7,10,13H2,1-2H3. The molecule has 2 aliphatic heterocycles. The Morgan fingerprint density at radius 2 is 1.82 bits per heavy atom. The fourth-order valence-electron chi connectivity index (χ4n) is 7.50. The smallest absolute Gasteiger partial charge is 0.241 e. The minimum Gasteiger partial charge on any atom is -0.508 e. The molecule has 4 aliphatic rings. The maximum absolute atomic E-state index is 14.3. The molecule has 4 amide bonds. The zero-order valence-corrected chi connectivity index (χ0v) is 24.2. The molecule has 0 bridgehead atoms. The number of imide groups is 2. The Hall–Kier alpha value is -3.04. The van der Waals surface area contributed by atoms with Gasteiger partial charge in [-0.25, -0.2) is 9.29 Å². The first kappa shape index (κ1) is 27.1. The van der Waals surface area contributed by atoms with E-state index < -0.39 is 52.6 Å². The number of allylic oxidation sites excluding steroid dienone is 2. The molecule has 3 fully saturated rings. The molecular formula is C30H27BrClFN2O5. The molecule has 1 N–H and O–H groups in total. The third-order valence-electron chi connectivity index (χ3n) is 9.28. The molecule has 6 atom stereocenters. The molecule has 40 heavy (non-hydrogen) atoms. The number of benzene rings is 2. The van der Waals surface area contributed by atoms with E-state index >= 15 is 0 Å². The van der Waals surface area contributed by atoms with E-state index in [0.29, 0.717) is 29.4 Å². The van der Waals surface area contributed by atoms with Crippen LogP contribution in [-0.4, -0.2) is 40.2 Å². The molecular weight excluding hydrogens is 603 g/mol. The molecule has 6 rings (SSSR count).